The number of imidazole rings is 1. The third-order valence-corrected chi connectivity index (χ3v) is 4.93. The summed E-state index contributed by atoms with van der Waals surface area (Å²) in [6.45, 7) is 6.48. The van der Waals surface area contributed by atoms with Crippen molar-refractivity contribution in [1.29, 1.82) is 0 Å². The molecule has 1 aliphatic heterocycles. The number of nitrogens with one attached hydrogen (secondary N) is 2. The molecule has 8 nitrogen and oxygen atoms in total. The number of anilines is 2. The summed E-state index contributed by atoms with van der Waals surface area (Å²) in [5.41, 5.74) is 1.52. The molecule has 2 aromatic heterocycles. The van der Waals surface area contributed by atoms with E-state index in [0.717, 1.165) is 11.4 Å². The van der Waals surface area contributed by atoms with Crippen LogP contribution in [0, 0.1) is 0 Å². The zero-order valence-corrected chi connectivity index (χ0v) is 17.2. The van der Waals surface area contributed by atoms with E-state index in [0.29, 0.717) is 23.3 Å². The second kappa shape index (κ2) is 7.36. The summed E-state index contributed by atoms with van der Waals surface area (Å²) in [6, 6.07) is 8.99. The Labute approximate surface area is 173 Å². The lowest BCUT2D eigenvalue weighted by Crippen LogP contribution is -2.36. The van der Waals surface area contributed by atoms with E-state index in [9.17, 15) is 4.79 Å². The van der Waals surface area contributed by atoms with Gasteiger partial charge in [-0.15, -0.1) is 0 Å². The number of nitrogens with zero attached hydrogens (tertiary/aromatic N) is 5. The molecular formula is C20H22ClN7O. The molecule has 0 saturated carbocycles. The summed E-state index contributed by atoms with van der Waals surface area (Å²) >= 11 is 5.95. The quantitative estimate of drug-likeness (QED) is 0.666. The molecule has 1 unspecified atom stereocenters. The third kappa shape index (κ3) is 4.17. The van der Waals surface area contributed by atoms with Gasteiger partial charge in [-0.05, 0) is 51.1 Å². The Morgan fingerprint density at radius 3 is 2.66 bits per heavy atom. The molecule has 1 saturated heterocycles. The molecule has 0 radical (unpaired) electrons. The highest BCUT2D eigenvalue weighted by molar-refractivity contribution is 6.30. The Morgan fingerprint density at radius 1 is 1.21 bits per heavy atom. The minimum Gasteiger partial charge on any atom is -0.346 e. The smallest absolute Gasteiger partial charge is 0.323 e. The van der Waals surface area contributed by atoms with Crippen LogP contribution >= 0.6 is 11.6 Å². The van der Waals surface area contributed by atoms with Crippen molar-refractivity contribution in [1.82, 2.24) is 24.8 Å². The first kappa shape index (κ1) is 19.2. The number of carbonyl (C=O) groups is 1. The molecule has 9 heteroatoms. The van der Waals surface area contributed by atoms with E-state index in [4.69, 9.17) is 11.6 Å². The highest BCUT2D eigenvalue weighted by Gasteiger charge is 2.36. The van der Waals surface area contributed by atoms with Gasteiger partial charge in [0.1, 0.15) is 5.82 Å². The monoisotopic (exact) mass is 411 g/mol. The largest absolute Gasteiger partial charge is 0.346 e. The van der Waals surface area contributed by atoms with Crippen LogP contribution in [0.4, 0.5) is 16.6 Å². The fourth-order valence-corrected chi connectivity index (χ4v) is 3.33. The molecule has 2 amide bonds. The van der Waals surface area contributed by atoms with Gasteiger partial charge in [-0.2, -0.15) is 4.98 Å². The van der Waals surface area contributed by atoms with E-state index in [1.165, 1.54) is 0 Å². The van der Waals surface area contributed by atoms with Crippen molar-refractivity contribution in [2.45, 2.75) is 32.4 Å². The van der Waals surface area contributed by atoms with Crippen molar-refractivity contribution in [2.75, 3.05) is 16.8 Å². The maximum Gasteiger partial charge on any atom is 0.323 e. The minimum absolute atomic E-state index is 0.123. The number of rotatable bonds is 5. The topological polar surface area (TPSA) is 88.0 Å². The van der Waals surface area contributed by atoms with Crippen LogP contribution in [0.15, 0.2) is 49.1 Å². The number of aromatic nitrogens is 4. The van der Waals surface area contributed by atoms with Gasteiger partial charge in [-0.3, -0.25) is 4.90 Å². The Morgan fingerprint density at radius 2 is 1.97 bits per heavy atom. The number of halogens is 1. The molecule has 3 aromatic rings. The first-order chi connectivity index (χ1) is 13.8. The van der Waals surface area contributed by atoms with Gasteiger partial charge in [0, 0.05) is 23.1 Å². The van der Waals surface area contributed by atoms with Crippen molar-refractivity contribution in [3.05, 3.63) is 59.8 Å². The molecule has 1 fully saturated rings. The number of carbonyl (C=O) groups excluding carboxylic acids is 1. The van der Waals surface area contributed by atoms with Crippen LogP contribution in [-0.4, -0.2) is 37.6 Å². The average Bonchev–Trinajstić information content (AvgIpc) is 3.27. The van der Waals surface area contributed by atoms with E-state index in [1.807, 2.05) is 55.8 Å². The summed E-state index contributed by atoms with van der Waals surface area (Å²) in [4.78, 5) is 27.1. The van der Waals surface area contributed by atoms with Gasteiger partial charge in [0.15, 0.2) is 0 Å². The van der Waals surface area contributed by atoms with Crippen molar-refractivity contribution >= 4 is 29.4 Å². The lowest BCUT2D eigenvalue weighted by molar-refractivity contribution is 0.248. The van der Waals surface area contributed by atoms with Gasteiger partial charge in [0.25, 0.3) is 0 Å². The molecule has 1 atom stereocenters. The summed E-state index contributed by atoms with van der Waals surface area (Å²) < 4.78 is 1.93. The molecule has 1 aliphatic rings. The summed E-state index contributed by atoms with van der Waals surface area (Å²) in [7, 11) is 0. The van der Waals surface area contributed by atoms with E-state index in [-0.39, 0.29) is 17.6 Å². The maximum atomic E-state index is 12.2. The van der Waals surface area contributed by atoms with Crippen molar-refractivity contribution in [3.63, 3.8) is 0 Å². The van der Waals surface area contributed by atoms with Crippen LogP contribution in [0.5, 0.6) is 0 Å². The molecular weight excluding hydrogens is 390 g/mol. The van der Waals surface area contributed by atoms with Crippen molar-refractivity contribution in [3.8, 4) is 5.69 Å². The van der Waals surface area contributed by atoms with E-state index in [1.54, 1.807) is 23.5 Å². The zero-order chi connectivity index (χ0) is 20.6. The van der Waals surface area contributed by atoms with Gasteiger partial charge in [0.05, 0.1) is 30.1 Å². The van der Waals surface area contributed by atoms with E-state index in [2.05, 4.69) is 25.6 Å². The number of benzene rings is 1. The average molecular weight is 412 g/mol. The Bertz CT molecular complexity index is 1030. The highest BCUT2D eigenvalue weighted by Crippen LogP contribution is 2.23. The molecule has 29 heavy (non-hydrogen) atoms. The lowest BCUT2D eigenvalue weighted by atomic mass is 10.1. The standard InChI is InChI=1S/C20H22ClN7O/c1-13(16-10-27(12-23-16)15-6-4-14(21)5-7-15)24-18-22-9-8-17(25-18)28-11-20(2,3)26-19(28)29/h4-10,12-13H,11H2,1-3H3,(H,26,29)(H,22,24,25). The molecule has 1 aromatic carbocycles. The minimum atomic E-state index is -0.294. The molecule has 4 rings (SSSR count). The Balaban J connectivity index is 1.49. The summed E-state index contributed by atoms with van der Waals surface area (Å²) in [6.07, 6.45) is 5.34. The van der Waals surface area contributed by atoms with Crippen LogP contribution in [0.1, 0.15) is 32.5 Å². The predicted molar refractivity (Wildman–Crippen MR) is 113 cm³/mol. The normalized spacial score (nSPS) is 16.6. The lowest BCUT2D eigenvalue weighted by Gasteiger charge is -2.18. The van der Waals surface area contributed by atoms with Crippen molar-refractivity contribution in [2.24, 2.45) is 0 Å². The maximum absolute atomic E-state index is 12.2. The molecule has 0 bridgehead atoms. The second-order valence-corrected chi connectivity index (χ2v) is 8.12. The fourth-order valence-electron chi connectivity index (χ4n) is 3.20. The Kier molecular flexibility index (Phi) is 4.87. The van der Waals surface area contributed by atoms with Crippen LogP contribution < -0.4 is 15.5 Å². The van der Waals surface area contributed by atoms with Gasteiger partial charge in [0.2, 0.25) is 5.95 Å². The molecule has 2 N–H and O–H groups in total. The van der Waals surface area contributed by atoms with Crippen LogP contribution in [0.2, 0.25) is 5.02 Å². The first-order valence-electron chi connectivity index (χ1n) is 9.30. The van der Waals surface area contributed by atoms with Gasteiger partial charge < -0.3 is 15.2 Å². The fraction of sp³-hybridized carbons (Fsp3) is 0.300. The van der Waals surface area contributed by atoms with Gasteiger partial charge in [-0.25, -0.2) is 14.8 Å². The molecule has 0 aliphatic carbocycles. The van der Waals surface area contributed by atoms with E-state index >= 15 is 0 Å². The Hall–Kier alpha value is -3.13. The summed E-state index contributed by atoms with van der Waals surface area (Å²) in [5, 5.41) is 6.88. The zero-order valence-electron chi connectivity index (χ0n) is 16.4. The van der Waals surface area contributed by atoms with Crippen LogP contribution in [-0.2, 0) is 0 Å². The molecule has 0 spiro atoms. The van der Waals surface area contributed by atoms with Crippen LogP contribution in [0.3, 0.4) is 0 Å². The van der Waals surface area contributed by atoms with Gasteiger partial charge >= 0.3 is 6.03 Å². The van der Waals surface area contributed by atoms with Gasteiger partial charge in [-0.1, -0.05) is 11.6 Å². The molecule has 150 valence electrons. The number of hydrogen-bond donors (Lipinski definition) is 2. The van der Waals surface area contributed by atoms with Crippen LogP contribution in [0.25, 0.3) is 5.69 Å². The highest BCUT2D eigenvalue weighted by atomic mass is 35.5. The third-order valence-electron chi connectivity index (χ3n) is 4.68. The SMILES string of the molecule is CC(Nc1nccc(N2CC(C)(C)NC2=O)n1)c1cn(-c2ccc(Cl)cc2)cn1. The second-order valence-electron chi connectivity index (χ2n) is 7.69. The van der Waals surface area contributed by atoms with E-state index < -0.39 is 0 Å². The predicted octanol–water partition coefficient (Wildman–Crippen LogP) is 3.80. The molecule has 3 heterocycles. The van der Waals surface area contributed by atoms with Crippen molar-refractivity contribution < 1.29 is 4.79 Å². The summed E-state index contributed by atoms with van der Waals surface area (Å²) in [5.74, 6) is 0.998. The first-order valence-corrected chi connectivity index (χ1v) is 9.68. The number of urea groups is 1. The number of amides is 2. The number of hydrogen-bond acceptors (Lipinski definition) is 5.